The molecule has 2 aliphatic heterocycles. The van der Waals surface area contributed by atoms with Gasteiger partial charge in [-0.2, -0.15) is 0 Å². The van der Waals surface area contributed by atoms with E-state index in [9.17, 15) is 14.7 Å². The van der Waals surface area contributed by atoms with Crippen molar-refractivity contribution in [2.45, 2.75) is 65.3 Å². The maximum absolute atomic E-state index is 13.6. The molecule has 3 heterocycles. The minimum atomic E-state index is -0.454. The topological polar surface area (TPSA) is 111 Å². The van der Waals surface area contributed by atoms with E-state index in [1.54, 1.807) is 4.90 Å². The van der Waals surface area contributed by atoms with Crippen molar-refractivity contribution < 1.29 is 14.7 Å². The Morgan fingerprint density at radius 2 is 2.11 bits per heavy atom. The zero-order valence-electron chi connectivity index (χ0n) is 21.3. The number of aromatic nitrogens is 2. The number of allylic oxidation sites excluding steroid dienone is 5. The van der Waals surface area contributed by atoms with Crippen LogP contribution in [0.1, 0.15) is 51.1 Å². The van der Waals surface area contributed by atoms with Gasteiger partial charge in [0.25, 0.3) is 0 Å². The number of nitrogens with zero attached hydrogens (tertiary/aromatic N) is 4. The molecule has 2 unspecified atom stereocenters. The highest BCUT2D eigenvalue weighted by Gasteiger charge is 2.40. The predicted octanol–water partition coefficient (Wildman–Crippen LogP) is 2.40. The normalized spacial score (nSPS) is 23.3. The van der Waals surface area contributed by atoms with E-state index in [0.717, 1.165) is 22.6 Å². The molecule has 1 fully saturated rings. The van der Waals surface area contributed by atoms with Crippen LogP contribution in [0.3, 0.4) is 0 Å². The summed E-state index contributed by atoms with van der Waals surface area (Å²) in [4.78, 5) is 31.6. The van der Waals surface area contributed by atoms with Gasteiger partial charge in [0.15, 0.2) is 0 Å². The van der Waals surface area contributed by atoms with E-state index in [1.807, 2.05) is 55.3 Å². The quantitative estimate of drug-likeness (QED) is 0.491. The predicted molar refractivity (Wildman–Crippen MR) is 140 cm³/mol. The number of amides is 2. The third kappa shape index (κ3) is 5.54. The molecule has 0 bridgehead atoms. The minimum Gasteiger partial charge on any atom is -0.390 e. The zero-order chi connectivity index (χ0) is 25.8. The summed E-state index contributed by atoms with van der Waals surface area (Å²) in [5.41, 5.74) is 2.53. The minimum absolute atomic E-state index is 0.0149. The third-order valence-corrected chi connectivity index (χ3v) is 7.82. The highest BCUT2D eigenvalue weighted by molar-refractivity contribution is 7.07. The van der Waals surface area contributed by atoms with Gasteiger partial charge in [0.2, 0.25) is 11.8 Å². The van der Waals surface area contributed by atoms with E-state index in [4.69, 9.17) is 0 Å². The number of carbonyl (C=O) groups excluding carboxylic acids is 2. The van der Waals surface area contributed by atoms with Gasteiger partial charge >= 0.3 is 0 Å². The molecule has 4 rings (SSSR count). The molecule has 10 heteroatoms. The second-order valence-electron chi connectivity index (χ2n) is 9.99. The number of hydrogen-bond donors (Lipinski definition) is 3. The molecule has 1 aliphatic carbocycles. The molecule has 1 saturated heterocycles. The molecular weight excluding hydrogens is 476 g/mol. The van der Waals surface area contributed by atoms with Crippen LogP contribution in [-0.2, 0) is 16.2 Å². The van der Waals surface area contributed by atoms with Crippen molar-refractivity contribution in [2.75, 3.05) is 13.2 Å². The third-order valence-electron chi connectivity index (χ3n) is 7.00. The van der Waals surface area contributed by atoms with Crippen LogP contribution >= 0.6 is 11.5 Å². The molecule has 0 aromatic carbocycles. The average molecular weight is 513 g/mol. The maximum atomic E-state index is 13.6. The van der Waals surface area contributed by atoms with Gasteiger partial charge in [-0.05, 0) is 49.7 Å². The molecule has 36 heavy (non-hydrogen) atoms. The average Bonchev–Trinajstić information content (AvgIpc) is 3.57. The van der Waals surface area contributed by atoms with Crippen molar-refractivity contribution >= 4 is 28.9 Å². The molecule has 1 aromatic rings. The Labute approximate surface area is 216 Å². The van der Waals surface area contributed by atoms with E-state index in [2.05, 4.69) is 34.1 Å². The van der Waals surface area contributed by atoms with Crippen LogP contribution in [0.4, 0.5) is 0 Å². The van der Waals surface area contributed by atoms with Crippen LogP contribution in [0.5, 0.6) is 0 Å². The largest absolute Gasteiger partial charge is 0.390 e. The van der Waals surface area contributed by atoms with Gasteiger partial charge in [-0.1, -0.05) is 48.7 Å². The summed E-state index contributed by atoms with van der Waals surface area (Å²) >= 11 is 1.25. The second kappa shape index (κ2) is 11.4. The van der Waals surface area contributed by atoms with Crippen LogP contribution in [-0.4, -0.2) is 67.6 Å². The number of rotatable bonds is 8. The van der Waals surface area contributed by atoms with Gasteiger partial charge in [-0.25, -0.2) is 0 Å². The summed E-state index contributed by atoms with van der Waals surface area (Å²) in [7, 11) is 0. The maximum Gasteiger partial charge on any atom is 0.246 e. The van der Waals surface area contributed by atoms with E-state index >= 15 is 0 Å². The lowest BCUT2D eigenvalue weighted by Crippen LogP contribution is -2.55. The molecule has 2 amide bonds. The van der Waals surface area contributed by atoms with E-state index in [1.165, 1.54) is 11.5 Å². The molecule has 0 radical (unpaired) electrons. The van der Waals surface area contributed by atoms with Crippen LogP contribution in [0.25, 0.3) is 5.57 Å². The smallest absolute Gasteiger partial charge is 0.246 e. The van der Waals surface area contributed by atoms with Gasteiger partial charge in [0.1, 0.15) is 17.8 Å². The zero-order valence-corrected chi connectivity index (χ0v) is 22.2. The van der Waals surface area contributed by atoms with Crippen LogP contribution < -0.4 is 10.6 Å². The van der Waals surface area contributed by atoms with E-state index in [-0.39, 0.29) is 42.3 Å². The van der Waals surface area contributed by atoms with Crippen molar-refractivity contribution in [1.82, 2.24) is 30.0 Å². The summed E-state index contributed by atoms with van der Waals surface area (Å²) in [6, 6.07) is -0.908. The first-order valence-electron chi connectivity index (χ1n) is 12.6. The molecule has 194 valence electrons. The monoisotopic (exact) mass is 512 g/mol. The Balaban J connectivity index is 1.41. The molecule has 1 aromatic heterocycles. The fourth-order valence-corrected chi connectivity index (χ4v) is 5.75. The lowest BCUT2D eigenvalue weighted by Gasteiger charge is -2.35. The van der Waals surface area contributed by atoms with Crippen molar-refractivity contribution in [3.05, 3.63) is 52.8 Å². The van der Waals surface area contributed by atoms with Crippen LogP contribution in [0, 0.1) is 11.8 Å². The molecule has 0 spiro atoms. The Hall–Kier alpha value is -2.98. The molecule has 9 nitrogen and oxygen atoms in total. The Bertz CT molecular complexity index is 1090. The second-order valence-corrected chi connectivity index (χ2v) is 10.7. The van der Waals surface area contributed by atoms with Gasteiger partial charge in [-0.3, -0.25) is 9.59 Å². The molecule has 3 aliphatic rings. The lowest BCUT2D eigenvalue weighted by molar-refractivity contribution is -0.143. The molecule has 0 saturated carbocycles. The highest BCUT2D eigenvalue weighted by atomic mass is 32.1. The van der Waals surface area contributed by atoms with Crippen LogP contribution in [0.15, 0.2) is 42.3 Å². The van der Waals surface area contributed by atoms with E-state index < -0.39 is 6.04 Å². The first-order chi connectivity index (χ1) is 17.3. The number of nitrogens with one attached hydrogen (secondary N) is 2. The van der Waals surface area contributed by atoms with Crippen LogP contribution in [0.2, 0.25) is 0 Å². The van der Waals surface area contributed by atoms with Gasteiger partial charge in [0, 0.05) is 30.4 Å². The Kier molecular flexibility index (Phi) is 8.25. The van der Waals surface area contributed by atoms with Crippen molar-refractivity contribution in [3.8, 4) is 0 Å². The molecule has 3 N–H and O–H groups in total. The number of aliphatic hydroxyl groups excluding tert-OH is 1. The lowest BCUT2D eigenvalue weighted by atomic mass is 9.99. The van der Waals surface area contributed by atoms with E-state index in [0.29, 0.717) is 25.3 Å². The van der Waals surface area contributed by atoms with Crippen molar-refractivity contribution in [2.24, 2.45) is 11.8 Å². The number of likely N-dealkylation sites (tertiary alicyclic amines) is 1. The van der Waals surface area contributed by atoms with Gasteiger partial charge < -0.3 is 25.5 Å². The van der Waals surface area contributed by atoms with Crippen molar-refractivity contribution in [3.63, 3.8) is 0 Å². The fraction of sp³-hybridized carbons (Fsp3) is 0.538. The Morgan fingerprint density at radius 3 is 2.81 bits per heavy atom. The first-order valence-corrected chi connectivity index (χ1v) is 13.4. The van der Waals surface area contributed by atoms with Crippen molar-refractivity contribution in [1.29, 1.82) is 0 Å². The summed E-state index contributed by atoms with van der Waals surface area (Å²) in [5, 5.41) is 19.9. The number of carbonyl (C=O) groups is 2. The number of aliphatic hydroxyl groups is 1. The standard InChI is InChI=1S/C26H36N6O3S/c1-16(2)23(31-13-17(3)27-15-31)26(35)32-12-6-9-22(32)25(34)28-18(4)19-7-5-8-20(11-10-19)24-21(14-33)29-30-36-24/h5,7-8,10-11,13,16,18-19,22-23,27,33H,6,9,12,14-15H2,1-4H3,(H,28,34)/t18?,19?,22-,23-/m0/s1. The summed E-state index contributed by atoms with van der Waals surface area (Å²) < 4.78 is 3.94. The first kappa shape index (κ1) is 26.1. The highest BCUT2D eigenvalue weighted by Crippen LogP contribution is 2.27. The summed E-state index contributed by atoms with van der Waals surface area (Å²) in [6.07, 6.45) is 13.5. The van der Waals surface area contributed by atoms with Gasteiger partial charge in [0.05, 0.1) is 18.2 Å². The summed E-state index contributed by atoms with van der Waals surface area (Å²) in [6.45, 7) is 9.13. The summed E-state index contributed by atoms with van der Waals surface area (Å²) in [5.74, 6) is 0.0197. The fourth-order valence-electron chi connectivity index (χ4n) is 5.07. The van der Waals surface area contributed by atoms with Gasteiger partial charge in [-0.15, -0.1) is 5.10 Å². The number of hydrogen-bond acceptors (Lipinski definition) is 8. The molecule has 4 atom stereocenters. The molecular formula is C26H36N6O3S. The Morgan fingerprint density at radius 1 is 1.31 bits per heavy atom. The SMILES string of the molecule is CC1=CN([C@H](C(=O)N2CCC[C@H]2C(=O)NC(C)C2C=CC=C(c3snnc3CO)C=C2)C(C)C)CN1.